The number of hydrogen-bond donors (Lipinski definition) is 2. The van der Waals surface area contributed by atoms with E-state index >= 15 is 0 Å². The van der Waals surface area contributed by atoms with Gasteiger partial charge in [0.05, 0.1) is 5.69 Å². The lowest BCUT2D eigenvalue weighted by molar-refractivity contribution is 0.234. The number of benzene rings is 1. The molecule has 3 heterocycles. The Kier molecular flexibility index (Phi) is 7.09. The zero-order valence-electron chi connectivity index (χ0n) is 19.0. The van der Waals surface area contributed by atoms with Crippen molar-refractivity contribution in [1.29, 1.82) is 0 Å². The van der Waals surface area contributed by atoms with Crippen molar-refractivity contribution in [2.75, 3.05) is 56.1 Å². The Morgan fingerprint density at radius 3 is 2.69 bits per heavy atom. The third-order valence-electron chi connectivity index (χ3n) is 6.29. The van der Waals surface area contributed by atoms with E-state index in [1.54, 1.807) is 6.07 Å². The van der Waals surface area contributed by atoms with E-state index < -0.39 is 0 Å². The smallest absolute Gasteiger partial charge is 0.315 e. The predicted molar refractivity (Wildman–Crippen MR) is 126 cm³/mol. The Morgan fingerprint density at radius 1 is 1.12 bits per heavy atom. The van der Waals surface area contributed by atoms with Crippen molar-refractivity contribution >= 4 is 17.5 Å². The molecule has 172 valence electrons. The molecule has 0 saturated carbocycles. The summed E-state index contributed by atoms with van der Waals surface area (Å²) in [6.45, 7) is 7.83. The molecule has 2 fully saturated rings. The summed E-state index contributed by atoms with van der Waals surface area (Å²) in [5.41, 5.74) is 2.61. The molecule has 1 aromatic heterocycles. The summed E-state index contributed by atoms with van der Waals surface area (Å²) in [7, 11) is 2.14. The summed E-state index contributed by atoms with van der Waals surface area (Å²) in [6.07, 6.45) is 3.63. The number of likely N-dealkylation sites (N-methyl/N-ethyl adjacent to an activating group) is 1. The number of nitrogens with zero attached hydrogens (tertiary/aromatic N) is 4. The van der Waals surface area contributed by atoms with Gasteiger partial charge in [-0.05, 0) is 56.1 Å². The second kappa shape index (κ2) is 10.2. The van der Waals surface area contributed by atoms with E-state index in [0.29, 0.717) is 18.8 Å². The number of aromatic nitrogens is 1. The molecule has 8 heteroatoms. The maximum atomic E-state index is 14.3. The van der Waals surface area contributed by atoms with Crippen LogP contribution in [0, 0.1) is 12.7 Å². The van der Waals surface area contributed by atoms with Gasteiger partial charge in [-0.25, -0.2) is 14.2 Å². The summed E-state index contributed by atoms with van der Waals surface area (Å²) < 4.78 is 14.3. The van der Waals surface area contributed by atoms with E-state index in [0.717, 1.165) is 62.5 Å². The summed E-state index contributed by atoms with van der Waals surface area (Å²) in [5.74, 6) is 0.769. The first kappa shape index (κ1) is 22.3. The van der Waals surface area contributed by atoms with Crippen LogP contribution in [0.4, 0.5) is 20.7 Å². The number of pyridine rings is 1. The van der Waals surface area contributed by atoms with Crippen molar-refractivity contribution in [1.82, 2.24) is 20.5 Å². The normalized spacial score (nSPS) is 19.7. The van der Waals surface area contributed by atoms with E-state index in [9.17, 15) is 9.18 Å². The van der Waals surface area contributed by atoms with Gasteiger partial charge in [-0.3, -0.25) is 0 Å². The molecule has 1 atom stereocenters. The summed E-state index contributed by atoms with van der Waals surface area (Å²) in [5, 5.41) is 5.97. The molecule has 2 aliphatic heterocycles. The summed E-state index contributed by atoms with van der Waals surface area (Å²) >= 11 is 0. The van der Waals surface area contributed by atoms with Gasteiger partial charge in [0, 0.05) is 58.1 Å². The molecule has 32 heavy (non-hydrogen) atoms. The van der Waals surface area contributed by atoms with Crippen LogP contribution in [0.1, 0.15) is 24.0 Å². The van der Waals surface area contributed by atoms with Crippen molar-refractivity contribution in [3.63, 3.8) is 0 Å². The average molecular weight is 441 g/mol. The minimum Gasteiger partial charge on any atom is -0.367 e. The quantitative estimate of drug-likeness (QED) is 0.749. The van der Waals surface area contributed by atoms with Crippen molar-refractivity contribution in [2.24, 2.45) is 0 Å². The van der Waals surface area contributed by atoms with Gasteiger partial charge in [0.15, 0.2) is 0 Å². The van der Waals surface area contributed by atoms with E-state index in [-0.39, 0.29) is 17.9 Å². The number of piperazine rings is 1. The molecule has 2 amide bonds. The molecule has 1 aromatic carbocycles. The van der Waals surface area contributed by atoms with Gasteiger partial charge in [-0.15, -0.1) is 0 Å². The van der Waals surface area contributed by atoms with Gasteiger partial charge in [0.1, 0.15) is 11.6 Å². The van der Waals surface area contributed by atoms with Crippen LogP contribution in [-0.4, -0.2) is 68.3 Å². The van der Waals surface area contributed by atoms with E-state index in [4.69, 9.17) is 0 Å². The van der Waals surface area contributed by atoms with Crippen molar-refractivity contribution in [3.8, 4) is 0 Å². The fraction of sp³-hybridized carbons (Fsp3) is 0.500. The molecule has 7 nitrogen and oxygen atoms in total. The Hall–Kier alpha value is -2.87. The van der Waals surface area contributed by atoms with Gasteiger partial charge in [0.2, 0.25) is 0 Å². The molecule has 2 saturated heterocycles. The zero-order chi connectivity index (χ0) is 22.5. The number of halogens is 1. The molecule has 2 aliphatic rings. The first-order valence-corrected chi connectivity index (χ1v) is 11.4. The number of anilines is 2. The number of hydrogen-bond acceptors (Lipinski definition) is 5. The van der Waals surface area contributed by atoms with Crippen LogP contribution in [0.3, 0.4) is 0 Å². The van der Waals surface area contributed by atoms with E-state index in [2.05, 4.69) is 32.5 Å². The van der Waals surface area contributed by atoms with Crippen molar-refractivity contribution in [3.05, 3.63) is 53.5 Å². The highest BCUT2D eigenvalue weighted by Gasteiger charge is 2.23. The first-order valence-electron chi connectivity index (χ1n) is 11.4. The van der Waals surface area contributed by atoms with Crippen LogP contribution in [0.15, 0.2) is 36.5 Å². The van der Waals surface area contributed by atoms with Crippen LogP contribution in [-0.2, 0) is 6.54 Å². The maximum Gasteiger partial charge on any atom is 0.315 e. The lowest BCUT2D eigenvalue weighted by atomic mass is 10.0. The van der Waals surface area contributed by atoms with Crippen LogP contribution >= 0.6 is 0 Å². The minimum absolute atomic E-state index is 0.0126. The van der Waals surface area contributed by atoms with Gasteiger partial charge in [-0.2, -0.15) is 0 Å². The third kappa shape index (κ3) is 5.68. The van der Waals surface area contributed by atoms with Gasteiger partial charge >= 0.3 is 6.03 Å². The maximum absolute atomic E-state index is 14.3. The molecule has 2 N–H and O–H groups in total. The fourth-order valence-corrected chi connectivity index (χ4v) is 4.34. The Morgan fingerprint density at radius 2 is 1.94 bits per heavy atom. The van der Waals surface area contributed by atoms with Crippen LogP contribution < -0.4 is 20.4 Å². The summed E-state index contributed by atoms with van der Waals surface area (Å²) in [6, 6.07) is 8.98. The second-order valence-corrected chi connectivity index (χ2v) is 8.88. The number of urea groups is 1. The summed E-state index contributed by atoms with van der Waals surface area (Å²) in [4.78, 5) is 23.6. The number of nitrogens with one attached hydrogen (secondary N) is 2. The third-order valence-corrected chi connectivity index (χ3v) is 6.29. The highest BCUT2D eigenvalue weighted by Crippen LogP contribution is 2.24. The highest BCUT2D eigenvalue weighted by atomic mass is 19.1. The largest absolute Gasteiger partial charge is 0.367 e. The van der Waals surface area contributed by atoms with E-state index in [1.807, 2.05) is 36.2 Å². The molecule has 4 rings (SSSR count). The minimum atomic E-state index is -0.215. The molecule has 0 bridgehead atoms. The lowest BCUT2D eigenvalue weighted by Gasteiger charge is -2.35. The number of amides is 2. The van der Waals surface area contributed by atoms with Gasteiger partial charge < -0.3 is 25.3 Å². The number of aryl methyl sites for hydroxylation is 1. The number of carbonyl (C=O) groups is 1. The highest BCUT2D eigenvalue weighted by molar-refractivity contribution is 5.74. The van der Waals surface area contributed by atoms with Crippen LogP contribution in [0.2, 0.25) is 0 Å². The molecular formula is C24H33FN6O. The molecule has 2 aromatic rings. The Labute approximate surface area is 189 Å². The lowest BCUT2D eigenvalue weighted by Crippen LogP contribution is -2.50. The number of carbonyl (C=O) groups excluding carboxylic acids is 1. The molecule has 1 unspecified atom stereocenters. The average Bonchev–Trinajstić information content (AvgIpc) is 2.80. The molecular weight excluding hydrogens is 407 g/mol. The Bertz CT molecular complexity index is 913. The van der Waals surface area contributed by atoms with E-state index in [1.165, 1.54) is 6.07 Å². The molecule has 0 spiro atoms. The monoisotopic (exact) mass is 440 g/mol. The fourth-order valence-electron chi connectivity index (χ4n) is 4.34. The Balaban J connectivity index is 1.25. The van der Waals surface area contributed by atoms with Crippen LogP contribution in [0.5, 0.6) is 0 Å². The molecule has 0 radical (unpaired) electrons. The topological polar surface area (TPSA) is 63.7 Å². The SMILES string of the molecule is Cc1ccc(F)c(N2CCCC(NC(=O)NCc3ccc(N4CCN(C)CC4)nc3)C2)c1. The van der Waals surface area contributed by atoms with Gasteiger partial charge in [0.25, 0.3) is 0 Å². The van der Waals surface area contributed by atoms with Crippen molar-refractivity contribution < 1.29 is 9.18 Å². The molecule has 0 aliphatic carbocycles. The number of piperidine rings is 1. The predicted octanol–water partition coefficient (Wildman–Crippen LogP) is 2.75. The standard InChI is InChI=1S/C24H33FN6O/c1-18-5-7-21(25)22(14-18)31-9-3-4-20(17-31)28-24(32)27-16-19-6-8-23(26-15-19)30-12-10-29(2)11-13-30/h5-8,14-15,20H,3-4,9-13,16-17H2,1-2H3,(H2,27,28,32). The first-order chi connectivity index (χ1) is 15.5. The van der Waals surface area contributed by atoms with Crippen LogP contribution in [0.25, 0.3) is 0 Å². The number of rotatable bonds is 5. The second-order valence-electron chi connectivity index (χ2n) is 8.88. The van der Waals surface area contributed by atoms with Crippen molar-refractivity contribution in [2.45, 2.75) is 32.4 Å². The zero-order valence-corrected chi connectivity index (χ0v) is 19.0. The van der Waals surface area contributed by atoms with Gasteiger partial charge in [-0.1, -0.05) is 12.1 Å².